The Morgan fingerprint density at radius 1 is 1.69 bits per heavy atom. The van der Waals surface area contributed by atoms with E-state index in [2.05, 4.69) is 0 Å². The van der Waals surface area contributed by atoms with Gasteiger partial charge < -0.3 is 10.8 Å². The molecule has 2 rings (SSSR count). The summed E-state index contributed by atoms with van der Waals surface area (Å²) in [6, 6.07) is 0. The van der Waals surface area contributed by atoms with Crippen molar-refractivity contribution < 1.29 is 14.7 Å². The fourth-order valence-corrected chi connectivity index (χ4v) is 4.01. The van der Waals surface area contributed by atoms with E-state index < -0.39 is 5.97 Å². The lowest BCUT2D eigenvalue weighted by Crippen LogP contribution is -2.48. The molecule has 2 heterocycles. The number of hydrogen-bond donors (Lipinski definition) is 2. The number of carbonyl (C=O) groups is 2. The normalized spacial score (nSPS) is 23.4. The lowest BCUT2D eigenvalue weighted by atomic mass is 10.1. The van der Waals surface area contributed by atoms with Crippen LogP contribution in [0.15, 0.2) is 10.6 Å². The van der Waals surface area contributed by atoms with Gasteiger partial charge in [0, 0.05) is 23.0 Å². The van der Waals surface area contributed by atoms with Crippen molar-refractivity contribution in [2.45, 2.75) is 11.8 Å². The molecule has 0 spiro atoms. The Morgan fingerprint density at radius 3 is 3.00 bits per heavy atom. The van der Waals surface area contributed by atoms with E-state index in [-0.39, 0.29) is 17.0 Å². The number of carboxylic acid groups (broad SMARTS) is 1. The number of hydrogen-bond acceptors (Lipinski definition) is 5. The third kappa shape index (κ3) is 1.94. The first-order valence-corrected chi connectivity index (χ1v) is 6.91. The van der Waals surface area contributed by atoms with Gasteiger partial charge in [-0.1, -0.05) is 0 Å². The minimum absolute atomic E-state index is 0.0204. The van der Waals surface area contributed by atoms with Crippen LogP contribution >= 0.6 is 23.5 Å². The van der Waals surface area contributed by atoms with Crippen molar-refractivity contribution in [3.63, 3.8) is 0 Å². The fourth-order valence-electron chi connectivity index (χ4n) is 1.68. The number of carbonyl (C=O) groups excluding carboxylic acids is 1. The maximum atomic E-state index is 11.3. The summed E-state index contributed by atoms with van der Waals surface area (Å²) in [5.74, 6) is 0.333. The molecule has 1 atom stereocenters. The summed E-state index contributed by atoms with van der Waals surface area (Å²) in [5.41, 5.74) is 5.55. The Labute approximate surface area is 101 Å². The summed E-state index contributed by atoms with van der Waals surface area (Å²) in [6.07, 6.45) is 0.451. The molecule has 0 aliphatic carbocycles. The van der Waals surface area contributed by atoms with Gasteiger partial charge >= 0.3 is 5.97 Å². The Morgan fingerprint density at radius 2 is 2.44 bits per heavy atom. The third-order valence-electron chi connectivity index (χ3n) is 2.39. The highest BCUT2D eigenvalue weighted by Crippen LogP contribution is 2.46. The summed E-state index contributed by atoms with van der Waals surface area (Å²) in [6.45, 7) is 0.580. The molecule has 0 aromatic rings. The highest BCUT2D eigenvalue weighted by atomic mass is 32.2. The van der Waals surface area contributed by atoms with Gasteiger partial charge in [0.1, 0.15) is 5.70 Å². The molecule has 1 saturated heterocycles. The van der Waals surface area contributed by atoms with E-state index in [1.54, 1.807) is 11.8 Å². The SMILES string of the molecule is NCCSCC1=C(C(=O)O)N2C(=O)CC2S1. The highest BCUT2D eigenvalue weighted by molar-refractivity contribution is 8.06. The quantitative estimate of drug-likeness (QED) is 0.545. The molecular formula is C9H12N2O3S2. The summed E-state index contributed by atoms with van der Waals surface area (Å²) >= 11 is 3.09. The van der Waals surface area contributed by atoms with Crippen LogP contribution in [0.5, 0.6) is 0 Å². The second kappa shape index (κ2) is 4.68. The van der Waals surface area contributed by atoms with E-state index in [0.29, 0.717) is 18.7 Å². The fraction of sp³-hybridized carbons (Fsp3) is 0.556. The van der Waals surface area contributed by atoms with Gasteiger partial charge in [-0.25, -0.2) is 4.79 Å². The molecule has 3 N–H and O–H groups in total. The van der Waals surface area contributed by atoms with E-state index in [9.17, 15) is 9.59 Å². The maximum Gasteiger partial charge on any atom is 0.353 e. The summed E-state index contributed by atoms with van der Waals surface area (Å²) in [5, 5.41) is 9.10. The average molecular weight is 260 g/mol. The zero-order valence-electron chi connectivity index (χ0n) is 8.51. The summed E-state index contributed by atoms with van der Waals surface area (Å²) < 4.78 is 0. The first-order valence-electron chi connectivity index (χ1n) is 4.88. The summed E-state index contributed by atoms with van der Waals surface area (Å²) in [7, 11) is 0. The van der Waals surface area contributed by atoms with Gasteiger partial charge in [0.25, 0.3) is 0 Å². The molecule has 0 bridgehead atoms. The largest absolute Gasteiger partial charge is 0.477 e. The zero-order valence-corrected chi connectivity index (χ0v) is 10.1. The molecule has 1 unspecified atom stereocenters. The molecule has 0 radical (unpaired) electrons. The van der Waals surface area contributed by atoms with Crippen LogP contribution in [-0.4, -0.2) is 45.3 Å². The van der Waals surface area contributed by atoms with Gasteiger partial charge in [-0.15, -0.1) is 11.8 Å². The first-order chi connectivity index (χ1) is 7.65. The molecule has 1 amide bonds. The molecule has 88 valence electrons. The van der Waals surface area contributed by atoms with Crippen LogP contribution < -0.4 is 5.73 Å². The predicted molar refractivity (Wildman–Crippen MR) is 63.9 cm³/mol. The molecule has 5 nitrogen and oxygen atoms in total. The Hall–Kier alpha value is -0.660. The van der Waals surface area contributed by atoms with Gasteiger partial charge in [0.05, 0.1) is 11.8 Å². The minimum atomic E-state index is -1.01. The van der Waals surface area contributed by atoms with Gasteiger partial charge in [-0.2, -0.15) is 11.8 Å². The molecule has 7 heteroatoms. The number of thioether (sulfide) groups is 2. The van der Waals surface area contributed by atoms with E-state index in [0.717, 1.165) is 10.7 Å². The van der Waals surface area contributed by atoms with Gasteiger partial charge in [-0.3, -0.25) is 9.69 Å². The van der Waals surface area contributed by atoms with Crippen molar-refractivity contribution >= 4 is 35.4 Å². The van der Waals surface area contributed by atoms with E-state index in [1.165, 1.54) is 16.7 Å². The van der Waals surface area contributed by atoms with Crippen molar-refractivity contribution in [3.05, 3.63) is 10.6 Å². The van der Waals surface area contributed by atoms with Crippen LogP contribution in [-0.2, 0) is 9.59 Å². The Bertz CT molecular complexity index is 370. The van der Waals surface area contributed by atoms with Crippen molar-refractivity contribution in [2.24, 2.45) is 5.73 Å². The third-order valence-corrected chi connectivity index (χ3v) is 4.86. The van der Waals surface area contributed by atoms with E-state index in [4.69, 9.17) is 10.8 Å². The number of nitrogens with two attached hydrogens (primary N) is 1. The van der Waals surface area contributed by atoms with Crippen LogP contribution in [0.1, 0.15) is 6.42 Å². The highest BCUT2D eigenvalue weighted by Gasteiger charge is 2.48. The number of β-lactam (4-membered cyclic amide) rings is 1. The first kappa shape index (κ1) is 11.8. The molecular weight excluding hydrogens is 248 g/mol. The lowest BCUT2D eigenvalue weighted by molar-refractivity contribution is -0.145. The molecule has 0 aromatic carbocycles. The van der Waals surface area contributed by atoms with Gasteiger partial charge in [-0.05, 0) is 0 Å². The molecule has 2 aliphatic rings. The topological polar surface area (TPSA) is 83.6 Å². The van der Waals surface area contributed by atoms with Crippen LogP contribution in [0.25, 0.3) is 0 Å². The average Bonchev–Trinajstić information content (AvgIpc) is 2.52. The number of nitrogens with zero attached hydrogens (tertiary/aromatic N) is 1. The molecule has 2 aliphatic heterocycles. The van der Waals surface area contributed by atoms with Crippen molar-refractivity contribution in [1.82, 2.24) is 4.90 Å². The van der Waals surface area contributed by atoms with Gasteiger partial charge in [0.2, 0.25) is 5.91 Å². The Kier molecular flexibility index (Phi) is 3.46. The second-order valence-corrected chi connectivity index (χ2v) is 5.84. The smallest absolute Gasteiger partial charge is 0.353 e. The standard InChI is InChI=1S/C9H12N2O3S2/c10-1-2-15-4-5-8(9(13)14)11-6(12)3-7(11)16-5/h7H,1-4,10H2,(H,13,14). The van der Waals surface area contributed by atoms with Crippen molar-refractivity contribution in [1.29, 1.82) is 0 Å². The number of aliphatic carboxylic acids is 1. The van der Waals surface area contributed by atoms with Crippen LogP contribution in [0.2, 0.25) is 0 Å². The second-order valence-electron chi connectivity index (χ2n) is 3.46. The molecule has 1 fully saturated rings. The number of amides is 1. The minimum Gasteiger partial charge on any atom is -0.477 e. The lowest BCUT2D eigenvalue weighted by Gasteiger charge is -2.33. The zero-order chi connectivity index (χ0) is 11.7. The number of rotatable bonds is 5. The molecule has 16 heavy (non-hydrogen) atoms. The summed E-state index contributed by atoms with van der Waals surface area (Å²) in [4.78, 5) is 24.6. The van der Waals surface area contributed by atoms with Crippen LogP contribution in [0.3, 0.4) is 0 Å². The van der Waals surface area contributed by atoms with Crippen molar-refractivity contribution in [3.8, 4) is 0 Å². The van der Waals surface area contributed by atoms with Crippen LogP contribution in [0.4, 0.5) is 0 Å². The molecule has 0 saturated carbocycles. The predicted octanol–water partition coefficient (Wildman–Crippen LogP) is 0.280. The van der Waals surface area contributed by atoms with E-state index in [1.807, 2.05) is 0 Å². The van der Waals surface area contributed by atoms with Crippen LogP contribution in [0, 0.1) is 0 Å². The van der Waals surface area contributed by atoms with Gasteiger partial charge in [0.15, 0.2) is 0 Å². The van der Waals surface area contributed by atoms with E-state index >= 15 is 0 Å². The molecule has 0 aromatic heterocycles. The Balaban J connectivity index is 2.09. The number of carboxylic acids is 1. The maximum absolute atomic E-state index is 11.3. The number of fused-ring (bicyclic) bond motifs is 1. The van der Waals surface area contributed by atoms with Crippen molar-refractivity contribution in [2.75, 3.05) is 18.1 Å². The monoisotopic (exact) mass is 260 g/mol.